The van der Waals surface area contributed by atoms with Crippen molar-refractivity contribution in [2.45, 2.75) is 32.2 Å². The average Bonchev–Trinajstić information content (AvgIpc) is 2.68. The number of unbranched alkanes of at least 4 members (excludes halogenated alkanes) is 2. The number of aliphatic hydroxyl groups excluding tert-OH is 1. The molecule has 2 rings (SSSR count). The van der Waals surface area contributed by atoms with Gasteiger partial charge in [0.05, 0.1) is 17.7 Å². The lowest BCUT2D eigenvalue weighted by Crippen LogP contribution is -2.15. The lowest BCUT2D eigenvalue weighted by Gasteiger charge is -2.12. The van der Waals surface area contributed by atoms with E-state index >= 15 is 0 Å². The van der Waals surface area contributed by atoms with Gasteiger partial charge in [-0.1, -0.05) is 0 Å². The summed E-state index contributed by atoms with van der Waals surface area (Å²) in [6, 6.07) is 4.13. The van der Waals surface area contributed by atoms with Crippen LogP contribution in [0.25, 0.3) is 0 Å². The molecule has 1 aromatic rings. The highest BCUT2D eigenvalue weighted by Gasteiger charge is 2.14. The second-order valence-corrected chi connectivity index (χ2v) is 5.77. The number of benzene rings is 1. The number of hydrogen-bond donors (Lipinski definition) is 2. The molecule has 1 aromatic carbocycles. The molecule has 4 nitrogen and oxygen atoms in total. The lowest BCUT2D eigenvalue weighted by molar-refractivity contribution is 0.283. The van der Waals surface area contributed by atoms with Gasteiger partial charge in [0.2, 0.25) is 0 Å². The summed E-state index contributed by atoms with van der Waals surface area (Å²) in [5, 5.41) is 12.1. The molecule has 20 heavy (non-hydrogen) atoms. The Hall–Kier alpha value is -0.780. The number of ether oxygens (including phenoxy) is 2. The first-order valence-electron chi connectivity index (χ1n) is 7.21. The van der Waals surface area contributed by atoms with Gasteiger partial charge in [-0.25, -0.2) is 0 Å². The fraction of sp³-hybridized carbons (Fsp3) is 0.600. The molecule has 0 saturated heterocycles. The number of halogens is 1. The van der Waals surface area contributed by atoms with E-state index in [-0.39, 0.29) is 6.61 Å². The van der Waals surface area contributed by atoms with Crippen molar-refractivity contribution >= 4 is 15.9 Å². The number of aliphatic hydroxyl groups is 1. The zero-order valence-corrected chi connectivity index (χ0v) is 13.2. The minimum Gasteiger partial charge on any atom is -0.490 e. The van der Waals surface area contributed by atoms with Gasteiger partial charge in [0.15, 0.2) is 11.5 Å². The van der Waals surface area contributed by atoms with E-state index in [0.717, 1.165) is 54.7 Å². The molecule has 0 bridgehead atoms. The Labute approximate surface area is 128 Å². The van der Waals surface area contributed by atoms with Crippen molar-refractivity contribution in [2.24, 2.45) is 0 Å². The molecule has 0 fully saturated rings. The van der Waals surface area contributed by atoms with Crippen molar-refractivity contribution < 1.29 is 14.6 Å². The molecule has 0 radical (unpaired) electrons. The van der Waals surface area contributed by atoms with Crippen molar-refractivity contribution in [2.75, 3.05) is 26.4 Å². The molecule has 0 aromatic heterocycles. The largest absolute Gasteiger partial charge is 0.490 e. The molecule has 0 atom stereocenters. The highest BCUT2D eigenvalue weighted by atomic mass is 79.9. The van der Waals surface area contributed by atoms with E-state index in [1.165, 1.54) is 5.56 Å². The van der Waals surface area contributed by atoms with Crippen LogP contribution in [0.4, 0.5) is 0 Å². The second-order valence-electron chi connectivity index (χ2n) is 4.92. The minimum absolute atomic E-state index is 0.287. The average molecular weight is 344 g/mol. The van der Waals surface area contributed by atoms with Crippen LogP contribution < -0.4 is 14.8 Å². The van der Waals surface area contributed by atoms with E-state index in [0.29, 0.717) is 13.2 Å². The van der Waals surface area contributed by atoms with Gasteiger partial charge in [-0.2, -0.15) is 0 Å². The van der Waals surface area contributed by atoms with Gasteiger partial charge >= 0.3 is 0 Å². The Morgan fingerprint density at radius 3 is 2.85 bits per heavy atom. The van der Waals surface area contributed by atoms with Crippen molar-refractivity contribution in [3.8, 4) is 11.5 Å². The van der Waals surface area contributed by atoms with Crippen LogP contribution in [-0.4, -0.2) is 31.5 Å². The van der Waals surface area contributed by atoms with E-state index < -0.39 is 0 Å². The van der Waals surface area contributed by atoms with E-state index in [4.69, 9.17) is 14.6 Å². The number of nitrogens with one attached hydrogen (secondary N) is 1. The molecule has 0 unspecified atom stereocenters. The fourth-order valence-electron chi connectivity index (χ4n) is 2.16. The Bertz CT molecular complexity index is 426. The van der Waals surface area contributed by atoms with E-state index in [9.17, 15) is 0 Å². The van der Waals surface area contributed by atoms with Crippen LogP contribution in [0.5, 0.6) is 11.5 Å². The molecular weight excluding hydrogens is 322 g/mol. The predicted octanol–water partition coefficient (Wildman–Crippen LogP) is 2.86. The monoisotopic (exact) mass is 343 g/mol. The van der Waals surface area contributed by atoms with Gasteiger partial charge in [-0.05, 0) is 59.4 Å². The summed E-state index contributed by atoms with van der Waals surface area (Å²) in [7, 11) is 0. The van der Waals surface area contributed by atoms with Crippen LogP contribution in [0.15, 0.2) is 16.6 Å². The van der Waals surface area contributed by atoms with Gasteiger partial charge in [0, 0.05) is 19.6 Å². The highest BCUT2D eigenvalue weighted by molar-refractivity contribution is 9.10. The van der Waals surface area contributed by atoms with Crippen LogP contribution in [0.3, 0.4) is 0 Å². The SMILES string of the molecule is OCCCCCNCc1cc(Br)c2c(c1)OCCCO2. The van der Waals surface area contributed by atoms with Crippen LogP contribution in [0, 0.1) is 0 Å². The summed E-state index contributed by atoms with van der Waals surface area (Å²) < 4.78 is 12.4. The van der Waals surface area contributed by atoms with Crippen LogP contribution >= 0.6 is 15.9 Å². The zero-order chi connectivity index (χ0) is 14.2. The first-order valence-corrected chi connectivity index (χ1v) is 8.00. The number of hydrogen-bond acceptors (Lipinski definition) is 4. The molecule has 1 aliphatic rings. The maximum Gasteiger partial charge on any atom is 0.175 e. The summed E-state index contributed by atoms with van der Waals surface area (Å²) >= 11 is 3.55. The first-order chi connectivity index (χ1) is 9.81. The summed E-state index contributed by atoms with van der Waals surface area (Å²) in [6.07, 6.45) is 3.96. The van der Waals surface area contributed by atoms with Crippen LogP contribution in [-0.2, 0) is 6.54 Å². The molecule has 112 valence electrons. The molecule has 1 heterocycles. The van der Waals surface area contributed by atoms with Gasteiger partial charge < -0.3 is 19.9 Å². The number of rotatable bonds is 7. The number of fused-ring (bicyclic) bond motifs is 1. The smallest absolute Gasteiger partial charge is 0.175 e. The standard InChI is InChI=1S/C15H22BrNO3/c16-13-9-12(11-17-5-2-1-3-6-18)10-14-15(13)20-8-4-7-19-14/h9-10,17-18H,1-8,11H2. The van der Waals surface area contributed by atoms with E-state index in [1.54, 1.807) is 0 Å². The molecule has 0 saturated carbocycles. The fourth-order valence-corrected chi connectivity index (χ4v) is 2.76. The molecule has 1 aliphatic heterocycles. The van der Waals surface area contributed by atoms with Gasteiger partial charge in [0.1, 0.15) is 0 Å². The third-order valence-electron chi connectivity index (χ3n) is 3.20. The molecule has 0 amide bonds. The Morgan fingerprint density at radius 2 is 2.00 bits per heavy atom. The highest BCUT2D eigenvalue weighted by Crippen LogP contribution is 2.38. The van der Waals surface area contributed by atoms with Gasteiger partial charge in [0.25, 0.3) is 0 Å². The van der Waals surface area contributed by atoms with Crippen molar-refractivity contribution in [3.63, 3.8) is 0 Å². The summed E-state index contributed by atoms with van der Waals surface area (Å²) in [6.45, 7) is 3.47. The van der Waals surface area contributed by atoms with Crippen LogP contribution in [0.2, 0.25) is 0 Å². The first kappa shape index (κ1) is 15.6. The molecule has 5 heteroatoms. The van der Waals surface area contributed by atoms with Crippen molar-refractivity contribution in [1.82, 2.24) is 5.32 Å². The Morgan fingerprint density at radius 1 is 1.15 bits per heavy atom. The molecule has 2 N–H and O–H groups in total. The summed E-state index contributed by atoms with van der Waals surface area (Å²) in [5.41, 5.74) is 1.18. The van der Waals surface area contributed by atoms with Crippen LogP contribution in [0.1, 0.15) is 31.2 Å². The zero-order valence-electron chi connectivity index (χ0n) is 11.7. The predicted molar refractivity (Wildman–Crippen MR) is 82.4 cm³/mol. The van der Waals surface area contributed by atoms with E-state index in [1.807, 2.05) is 6.07 Å². The second kappa shape index (κ2) is 8.49. The van der Waals surface area contributed by atoms with E-state index in [2.05, 4.69) is 27.3 Å². The Balaban J connectivity index is 1.86. The maximum atomic E-state index is 8.72. The summed E-state index contributed by atoms with van der Waals surface area (Å²) in [4.78, 5) is 0. The third kappa shape index (κ3) is 4.65. The summed E-state index contributed by atoms with van der Waals surface area (Å²) in [5.74, 6) is 1.64. The molecular formula is C15H22BrNO3. The topological polar surface area (TPSA) is 50.7 Å². The van der Waals surface area contributed by atoms with Crippen molar-refractivity contribution in [3.05, 3.63) is 22.2 Å². The normalized spacial score (nSPS) is 14.1. The van der Waals surface area contributed by atoms with Gasteiger partial charge in [-0.3, -0.25) is 0 Å². The Kier molecular flexibility index (Phi) is 6.63. The quantitative estimate of drug-likeness (QED) is 0.747. The molecule has 0 spiro atoms. The molecule has 0 aliphatic carbocycles. The van der Waals surface area contributed by atoms with Crippen molar-refractivity contribution in [1.29, 1.82) is 0 Å². The lowest BCUT2D eigenvalue weighted by atomic mass is 10.2. The maximum absolute atomic E-state index is 8.72. The van der Waals surface area contributed by atoms with Gasteiger partial charge in [-0.15, -0.1) is 0 Å². The minimum atomic E-state index is 0.287. The third-order valence-corrected chi connectivity index (χ3v) is 3.79.